The van der Waals surface area contributed by atoms with Crippen LogP contribution in [0.2, 0.25) is 0 Å². The first-order valence-electron chi connectivity index (χ1n) is 6.94. The molecule has 21 heavy (non-hydrogen) atoms. The summed E-state index contributed by atoms with van der Waals surface area (Å²) in [7, 11) is 0. The Hall–Kier alpha value is -2.36. The normalized spacial score (nSPS) is 12.0. The number of rotatable bonds is 4. The summed E-state index contributed by atoms with van der Waals surface area (Å²) in [4.78, 5) is 12.1. The van der Waals surface area contributed by atoms with Crippen molar-refractivity contribution in [1.29, 1.82) is 0 Å². The molecule has 0 aliphatic rings. The van der Waals surface area contributed by atoms with E-state index in [0.29, 0.717) is 0 Å². The van der Waals surface area contributed by atoms with E-state index in [2.05, 4.69) is 10.6 Å². The summed E-state index contributed by atoms with van der Waals surface area (Å²) in [6.07, 6.45) is 0. The van der Waals surface area contributed by atoms with Crippen LogP contribution in [-0.4, -0.2) is 6.03 Å². The van der Waals surface area contributed by atoms with E-state index in [-0.39, 0.29) is 23.8 Å². The van der Waals surface area contributed by atoms with Crippen molar-refractivity contribution in [2.24, 2.45) is 5.92 Å². The van der Waals surface area contributed by atoms with Crippen molar-refractivity contribution in [1.82, 2.24) is 5.32 Å². The molecule has 3 nitrogen and oxygen atoms in total. The zero-order chi connectivity index (χ0) is 15.2. The lowest BCUT2D eigenvalue weighted by atomic mass is 9.96. The quantitative estimate of drug-likeness (QED) is 0.862. The molecule has 0 fully saturated rings. The van der Waals surface area contributed by atoms with E-state index in [1.165, 1.54) is 12.1 Å². The van der Waals surface area contributed by atoms with E-state index >= 15 is 0 Å². The van der Waals surface area contributed by atoms with Crippen LogP contribution in [-0.2, 0) is 0 Å². The molecule has 2 rings (SSSR count). The van der Waals surface area contributed by atoms with E-state index in [1.807, 2.05) is 44.2 Å². The maximum Gasteiger partial charge on any atom is 0.319 e. The van der Waals surface area contributed by atoms with Crippen LogP contribution in [0.4, 0.5) is 14.9 Å². The zero-order valence-electron chi connectivity index (χ0n) is 12.1. The van der Waals surface area contributed by atoms with Crippen LogP contribution in [0.15, 0.2) is 54.6 Å². The average Bonchev–Trinajstić information content (AvgIpc) is 2.47. The molecule has 0 saturated heterocycles. The Balaban J connectivity index is 2.06. The second-order valence-electron chi connectivity index (χ2n) is 5.24. The van der Waals surface area contributed by atoms with Gasteiger partial charge in [-0.05, 0) is 35.7 Å². The lowest BCUT2D eigenvalue weighted by molar-refractivity contribution is 0.244. The number of halogens is 1. The number of urea groups is 1. The molecule has 2 aromatic rings. The van der Waals surface area contributed by atoms with Gasteiger partial charge in [0.25, 0.3) is 0 Å². The highest BCUT2D eigenvalue weighted by Crippen LogP contribution is 2.22. The third-order valence-corrected chi connectivity index (χ3v) is 3.21. The Labute approximate surface area is 124 Å². The first kappa shape index (κ1) is 15.0. The number of carbonyl (C=O) groups is 1. The second kappa shape index (κ2) is 6.88. The fraction of sp³-hybridized carbons (Fsp3) is 0.235. The van der Waals surface area contributed by atoms with Gasteiger partial charge in [0.05, 0.1) is 6.04 Å². The molecular formula is C17H19FN2O. The summed E-state index contributed by atoms with van der Waals surface area (Å²) in [6, 6.07) is 15.0. The lowest BCUT2D eigenvalue weighted by Crippen LogP contribution is -2.35. The van der Waals surface area contributed by atoms with Crippen LogP contribution >= 0.6 is 0 Å². The molecular weight excluding hydrogens is 267 g/mol. The molecule has 0 unspecified atom stereocenters. The third kappa shape index (κ3) is 4.31. The molecule has 2 amide bonds. The molecule has 2 N–H and O–H groups in total. The maximum absolute atomic E-state index is 13.0. The number of amides is 2. The third-order valence-electron chi connectivity index (χ3n) is 3.21. The number of carbonyl (C=O) groups excluding carboxylic acids is 1. The average molecular weight is 286 g/mol. The Morgan fingerprint density at radius 2 is 1.62 bits per heavy atom. The van der Waals surface area contributed by atoms with Gasteiger partial charge in [-0.2, -0.15) is 0 Å². The van der Waals surface area contributed by atoms with E-state index in [0.717, 1.165) is 11.3 Å². The summed E-state index contributed by atoms with van der Waals surface area (Å²) in [5.41, 5.74) is 1.62. The number of para-hydroxylation sites is 1. The minimum Gasteiger partial charge on any atom is -0.331 e. The summed E-state index contributed by atoms with van der Waals surface area (Å²) in [5, 5.41) is 5.71. The SMILES string of the molecule is CC(C)[C@@H](NC(=O)Nc1ccccc1)c1ccc(F)cc1. The fourth-order valence-electron chi connectivity index (χ4n) is 2.13. The molecule has 0 aliphatic carbocycles. The van der Waals surface area contributed by atoms with Crippen molar-refractivity contribution in [3.8, 4) is 0 Å². The topological polar surface area (TPSA) is 41.1 Å². The lowest BCUT2D eigenvalue weighted by Gasteiger charge is -2.23. The Morgan fingerprint density at radius 3 is 2.19 bits per heavy atom. The van der Waals surface area contributed by atoms with Gasteiger partial charge in [-0.3, -0.25) is 0 Å². The molecule has 4 heteroatoms. The molecule has 0 spiro atoms. The van der Waals surface area contributed by atoms with Crippen molar-refractivity contribution >= 4 is 11.7 Å². The molecule has 0 heterocycles. The van der Waals surface area contributed by atoms with Gasteiger partial charge in [0.15, 0.2) is 0 Å². The van der Waals surface area contributed by atoms with Gasteiger partial charge in [0.2, 0.25) is 0 Å². The van der Waals surface area contributed by atoms with Crippen LogP contribution in [0.5, 0.6) is 0 Å². The fourth-order valence-corrected chi connectivity index (χ4v) is 2.13. The smallest absolute Gasteiger partial charge is 0.319 e. The van der Waals surface area contributed by atoms with Crippen molar-refractivity contribution in [3.05, 3.63) is 66.0 Å². The van der Waals surface area contributed by atoms with Gasteiger partial charge in [-0.25, -0.2) is 9.18 Å². The van der Waals surface area contributed by atoms with Crippen LogP contribution in [0.3, 0.4) is 0 Å². The molecule has 0 aromatic heterocycles. The van der Waals surface area contributed by atoms with E-state index in [1.54, 1.807) is 12.1 Å². The standard InChI is InChI=1S/C17H19FN2O/c1-12(2)16(13-8-10-14(18)11-9-13)20-17(21)19-15-6-4-3-5-7-15/h3-12,16H,1-2H3,(H2,19,20,21)/t16-/m1/s1. The molecule has 2 aromatic carbocycles. The second-order valence-corrected chi connectivity index (χ2v) is 5.24. The zero-order valence-corrected chi connectivity index (χ0v) is 12.1. The minimum atomic E-state index is -0.282. The molecule has 0 bridgehead atoms. The van der Waals surface area contributed by atoms with Crippen LogP contribution in [0.1, 0.15) is 25.5 Å². The van der Waals surface area contributed by atoms with E-state index in [9.17, 15) is 9.18 Å². The number of benzene rings is 2. The van der Waals surface area contributed by atoms with Gasteiger partial charge >= 0.3 is 6.03 Å². The Kier molecular flexibility index (Phi) is 4.93. The van der Waals surface area contributed by atoms with Gasteiger partial charge in [-0.15, -0.1) is 0 Å². The van der Waals surface area contributed by atoms with E-state index < -0.39 is 0 Å². The summed E-state index contributed by atoms with van der Waals surface area (Å²) in [6.45, 7) is 4.02. The predicted molar refractivity (Wildman–Crippen MR) is 82.6 cm³/mol. The van der Waals surface area contributed by atoms with Crippen LogP contribution in [0, 0.1) is 11.7 Å². The Morgan fingerprint density at radius 1 is 1.00 bits per heavy atom. The highest BCUT2D eigenvalue weighted by atomic mass is 19.1. The van der Waals surface area contributed by atoms with Crippen LogP contribution in [0.25, 0.3) is 0 Å². The predicted octanol–water partition coefficient (Wildman–Crippen LogP) is 4.34. The van der Waals surface area contributed by atoms with Crippen molar-refractivity contribution in [3.63, 3.8) is 0 Å². The van der Waals surface area contributed by atoms with Crippen molar-refractivity contribution in [2.45, 2.75) is 19.9 Å². The highest BCUT2D eigenvalue weighted by molar-refractivity contribution is 5.89. The maximum atomic E-state index is 13.0. The highest BCUT2D eigenvalue weighted by Gasteiger charge is 2.18. The van der Waals surface area contributed by atoms with Gasteiger partial charge in [-0.1, -0.05) is 44.2 Å². The summed E-state index contributed by atoms with van der Waals surface area (Å²) in [5.74, 6) is -0.0908. The largest absolute Gasteiger partial charge is 0.331 e. The van der Waals surface area contributed by atoms with Gasteiger partial charge < -0.3 is 10.6 Å². The number of hydrogen-bond donors (Lipinski definition) is 2. The summed E-state index contributed by atoms with van der Waals surface area (Å²) < 4.78 is 13.0. The molecule has 1 atom stereocenters. The van der Waals surface area contributed by atoms with Crippen LogP contribution < -0.4 is 10.6 Å². The summed E-state index contributed by atoms with van der Waals surface area (Å²) >= 11 is 0. The van der Waals surface area contributed by atoms with E-state index in [4.69, 9.17) is 0 Å². The molecule has 110 valence electrons. The molecule has 0 radical (unpaired) electrons. The number of anilines is 1. The first-order chi connectivity index (χ1) is 10.1. The van der Waals surface area contributed by atoms with Gasteiger partial charge in [0.1, 0.15) is 5.82 Å². The molecule has 0 saturated carbocycles. The number of hydrogen-bond acceptors (Lipinski definition) is 1. The minimum absolute atomic E-state index is 0.172. The monoisotopic (exact) mass is 286 g/mol. The van der Waals surface area contributed by atoms with Crippen molar-refractivity contribution in [2.75, 3.05) is 5.32 Å². The van der Waals surface area contributed by atoms with Crippen molar-refractivity contribution < 1.29 is 9.18 Å². The molecule has 0 aliphatic heterocycles. The van der Waals surface area contributed by atoms with Gasteiger partial charge in [0, 0.05) is 5.69 Å². The first-order valence-corrected chi connectivity index (χ1v) is 6.94. The Bertz CT molecular complexity index is 581. The number of nitrogens with one attached hydrogen (secondary N) is 2.